The predicted molar refractivity (Wildman–Crippen MR) is 96.7 cm³/mol. The predicted octanol–water partition coefficient (Wildman–Crippen LogP) is 2.66. The molecule has 0 saturated heterocycles. The van der Waals surface area contributed by atoms with Crippen LogP contribution >= 0.6 is 23.4 Å². The molecular formula is C16H17ClN2O3S2. The monoisotopic (exact) mass is 384 g/mol. The van der Waals surface area contributed by atoms with Crippen LogP contribution in [-0.4, -0.2) is 27.1 Å². The quantitative estimate of drug-likeness (QED) is 0.719. The molecule has 5 nitrogen and oxygen atoms in total. The second-order valence-electron chi connectivity index (χ2n) is 4.87. The summed E-state index contributed by atoms with van der Waals surface area (Å²) in [4.78, 5) is 13.0. The lowest BCUT2D eigenvalue weighted by atomic mass is 10.2. The molecule has 8 heteroatoms. The molecule has 0 spiro atoms. The first kappa shape index (κ1) is 18.8. The Morgan fingerprint density at radius 3 is 2.54 bits per heavy atom. The number of hydrogen-bond acceptors (Lipinski definition) is 4. The Bertz CT molecular complexity index is 808. The van der Waals surface area contributed by atoms with Crippen molar-refractivity contribution >= 4 is 39.3 Å². The molecule has 0 saturated carbocycles. The summed E-state index contributed by atoms with van der Waals surface area (Å²) in [6, 6.07) is 13.7. The van der Waals surface area contributed by atoms with E-state index in [1.54, 1.807) is 30.3 Å². The maximum Gasteiger partial charge on any atom is 0.240 e. The lowest BCUT2D eigenvalue weighted by Gasteiger charge is -2.08. The molecule has 0 bridgehead atoms. The molecule has 0 heterocycles. The third-order valence-corrected chi connectivity index (χ3v) is 5.83. The summed E-state index contributed by atoms with van der Waals surface area (Å²) in [6.07, 6.45) is 0. The second kappa shape index (κ2) is 8.53. The van der Waals surface area contributed by atoms with Gasteiger partial charge in [-0.3, -0.25) is 4.79 Å². The number of carbonyl (C=O) groups is 1. The number of amides is 1. The molecule has 0 aliphatic carbocycles. The number of benzene rings is 2. The smallest absolute Gasteiger partial charge is 0.240 e. The first-order chi connectivity index (χ1) is 11.4. The summed E-state index contributed by atoms with van der Waals surface area (Å²) in [7, 11) is -2.13. The number of sulfonamides is 1. The Morgan fingerprint density at radius 2 is 1.88 bits per heavy atom. The Labute approximate surface area is 150 Å². The van der Waals surface area contributed by atoms with Crippen LogP contribution in [0.2, 0.25) is 5.02 Å². The summed E-state index contributed by atoms with van der Waals surface area (Å²) < 4.78 is 25.8. The van der Waals surface area contributed by atoms with Gasteiger partial charge in [0.2, 0.25) is 15.9 Å². The van der Waals surface area contributed by atoms with Gasteiger partial charge >= 0.3 is 0 Å². The van der Waals surface area contributed by atoms with Gasteiger partial charge in [-0.1, -0.05) is 23.7 Å². The Kier molecular flexibility index (Phi) is 6.68. The number of rotatable bonds is 7. The molecule has 24 heavy (non-hydrogen) atoms. The molecule has 2 rings (SSSR count). The van der Waals surface area contributed by atoms with Crippen LogP contribution in [0.3, 0.4) is 0 Å². The standard InChI is InChI=1S/C16H17ClN2O3S2/c1-18-24(21,22)15-4-2-3-12(9-15)10-19-16(20)11-23-14-7-5-13(17)6-8-14/h2-9,18H,10-11H2,1H3,(H,19,20). The maximum absolute atomic E-state index is 11.9. The van der Waals surface area contributed by atoms with Gasteiger partial charge in [0.1, 0.15) is 0 Å². The Morgan fingerprint density at radius 1 is 1.17 bits per heavy atom. The molecule has 0 aliphatic heterocycles. The van der Waals surface area contributed by atoms with Crippen LogP contribution in [0.15, 0.2) is 58.3 Å². The number of carbonyl (C=O) groups excluding carboxylic acids is 1. The highest BCUT2D eigenvalue weighted by Gasteiger charge is 2.11. The van der Waals surface area contributed by atoms with Crippen molar-refractivity contribution in [1.82, 2.24) is 10.0 Å². The minimum absolute atomic E-state index is 0.128. The van der Waals surface area contributed by atoms with Crippen molar-refractivity contribution in [1.29, 1.82) is 0 Å². The number of hydrogen-bond donors (Lipinski definition) is 2. The van der Waals surface area contributed by atoms with E-state index in [0.29, 0.717) is 5.02 Å². The summed E-state index contributed by atoms with van der Waals surface area (Å²) in [5.74, 6) is 0.146. The average Bonchev–Trinajstić information content (AvgIpc) is 2.59. The molecular weight excluding hydrogens is 368 g/mol. The van der Waals surface area contributed by atoms with Crippen molar-refractivity contribution in [3.8, 4) is 0 Å². The van der Waals surface area contributed by atoms with Gasteiger partial charge in [0, 0.05) is 16.5 Å². The van der Waals surface area contributed by atoms with Gasteiger partial charge in [0.15, 0.2) is 0 Å². The molecule has 2 aromatic carbocycles. The van der Waals surface area contributed by atoms with Crippen molar-refractivity contribution < 1.29 is 13.2 Å². The fraction of sp³-hybridized carbons (Fsp3) is 0.188. The van der Waals surface area contributed by atoms with Gasteiger partial charge in [-0.05, 0) is 49.0 Å². The van der Waals surface area contributed by atoms with E-state index in [-0.39, 0.29) is 23.1 Å². The first-order valence-electron chi connectivity index (χ1n) is 7.08. The first-order valence-corrected chi connectivity index (χ1v) is 9.93. The van der Waals surface area contributed by atoms with E-state index in [2.05, 4.69) is 10.0 Å². The van der Waals surface area contributed by atoms with Crippen LogP contribution in [0.25, 0.3) is 0 Å². The molecule has 0 atom stereocenters. The van der Waals surface area contributed by atoms with E-state index in [9.17, 15) is 13.2 Å². The Balaban J connectivity index is 1.87. The van der Waals surface area contributed by atoms with E-state index in [1.807, 2.05) is 12.1 Å². The van der Waals surface area contributed by atoms with Crippen molar-refractivity contribution in [2.45, 2.75) is 16.3 Å². The van der Waals surface area contributed by atoms with E-state index < -0.39 is 10.0 Å². The number of thioether (sulfide) groups is 1. The van der Waals surface area contributed by atoms with Crippen LogP contribution in [0, 0.1) is 0 Å². The summed E-state index contributed by atoms with van der Waals surface area (Å²) >= 11 is 7.22. The highest BCUT2D eigenvalue weighted by Crippen LogP contribution is 2.20. The lowest BCUT2D eigenvalue weighted by molar-refractivity contribution is -0.118. The normalized spacial score (nSPS) is 11.2. The summed E-state index contributed by atoms with van der Waals surface area (Å²) in [5.41, 5.74) is 0.719. The minimum atomic E-state index is -3.49. The van der Waals surface area contributed by atoms with Gasteiger partial charge in [0.05, 0.1) is 10.6 Å². The van der Waals surface area contributed by atoms with Crippen LogP contribution < -0.4 is 10.0 Å². The minimum Gasteiger partial charge on any atom is -0.351 e. The van der Waals surface area contributed by atoms with E-state index in [0.717, 1.165) is 10.5 Å². The van der Waals surface area contributed by atoms with Crippen LogP contribution in [0.4, 0.5) is 0 Å². The molecule has 0 aromatic heterocycles. The van der Waals surface area contributed by atoms with Gasteiger partial charge in [0.25, 0.3) is 0 Å². The summed E-state index contributed by atoms with van der Waals surface area (Å²) in [6.45, 7) is 0.271. The molecule has 0 fully saturated rings. The fourth-order valence-electron chi connectivity index (χ4n) is 1.87. The zero-order valence-corrected chi connectivity index (χ0v) is 15.3. The molecule has 128 valence electrons. The van der Waals surface area contributed by atoms with E-state index in [1.165, 1.54) is 24.9 Å². The van der Waals surface area contributed by atoms with E-state index >= 15 is 0 Å². The largest absolute Gasteiger partial charge is 0.351 e. The van der Waals surface area contributed by atoms with Gasteiger partial charge in [-0.15, -0.1) is 11.8 Å². The van der Waals surface area contributed by atoms with Crippen molar-refractivity contribution in [2.75, 3.05) is 12.8 Å². The van der Waals surface area contributed by atoms with Crippen molar-refractivity contribution in [3.63, 3.8) is 0 Å². The van der Waals surface area contributed by atoms with Gasteiger partial charge in [-0.25, -0.2) is 13.1 Å². The van der Waals surface area contributed by atoms with Gasteiger partial charge in [-0.2, -0.15) is 0 Å². The molecule has 2 aromatic rings. The lowest BCUT2D eigenvalue weighted by Crippen LogP contribution is -2.25. The molecule has 0 unspecified atom stereocenters. The van der Waals surface area contributed by atoms with Crippen LogP contribution in [0.5, 0.6) is 0 Å². The molecule has 0 aliphatic rings. The molecule has 0 radical (unpaired) electrons. The Hall–Kier alpha value is -1.54. The fourth-order valence-corrected chi connectivity index (χ4v) is 3.53. The van der Waals surface area contributed by atoms with Gasteiger partial charge < -0.3 is 5.32 Å². The second-order valence-corrected chi connectivity index (χ2v) is 8.25. The van der Waals surface area contributed by atoms with Crippen LogP contribution in [-0.2, 0) is 21.4 Å². The van der Waals surface area contributed by atoms with E-state index in [4.69, 9.17) is 11.6 Å². The third kappa shape index (κ3) is 5.52. The third-order valence-electron chi connectivity index (χ3n) is 3.15. The molecule has 1 amide bonds. The highest BCUT2D eigenvalue weighted by molar-refractivity contribution is 8.00. The maximum atomic E-state index is 11.9. The van der Waals surface area contributed by atoms with Crippen LogP contribution in [0.1, 0.15) is 5.56 Å². The van der Waals surface area contributed by atoms with Crippen molar-refractivity contribution in [3.05, 3.63) is 59.1 Å². The molecule has 2 N–H and O–H groups in total. The highest BCUT2D eigenvalue weighted by atomic mass is 35.5. The average molecular weight is 385 g/mol. The number of nitrogens with one attached hydrogen (secondary N) is 2. The van der Waals surface area contributed by atoms with Crippen molar-refractivity contribution in [2.24, 2.45) is 0 Å². The topological polar surface area (TPSA) is 75.3 Å². The summed E-state index contributed by atoms with van der Waals surface area (Å²) in [5, 5.41) is 3.43. The SMILES string of the molecule is CNS(=O)(=O)c1cccc(CNC(=O)CSc2ccc(Cl)cc2)c1. The zero-order valence-electron chi connectivity index (χ0n) is 13.0. The number of halogens is 1. The zero-order chi connectivity index (χ0) is 17.6.